The van der Waals surface area contributed by atoms with Crippen LogP contribution in [0.15, 0.2) is 60.7 Å². The van der Waals surface area contributed by atoms with Crippen LogP contribution in [-0.4, -0.2) is 31.7 Å². The van der Waals surface area contributed by atoms with Gasteiger partial charge in [-0.1, -0.05) is 36.4 Å². The van der Waals surface area contributed by atoms with Gasteiger partial charge in [0.05, 0.1) is 32.8 Å². The number of quaternary nitrogens is 1. The number of para-hydroxylation sites is 1. The molecule has 2 aromatic carbocycles. The first-order valence-corrected chi connectivity index (χ1v) is 7.82. The molecular weight excluding hydrogens is 274 g/mol. The van der Waals surface area contributed by atoms with E-state index in [9.17, 15) is 0 Å². The molecule has 0 heterocycles. The van der Waals surface area contributed by atoms with Crippen LogP contribution in [0, 0.1) is 0 Å². The van der Waals surface area contributed by atoms with Crippen LogP contribution >= 0.6 is 0 Å². The highest BCUT2D eigenvalue weighted by molar-refractivity contribution is 5.25. The molecule has 1 atom stereocenters. The van der Waals surface area contributed by atoms with Crippen molar-refractivity contribution >= 4 is 0 Å². The maximum Gasteiger partial charge on any atom is 0.389 e. The van der Waals surface area contributed by atoms with E-state index in [0.29, 0.717) is 11.1 Å². The number of hydrogen-bond acceptors (Lipinski definition) is 2. The minimum atomic E-state index is -0.869. The van der Waals surface area contributed by atoms with Gasteiger partial charge >= 0.3 is 5.91 Å². The second kappa shape index (κ2) is 6.95. The SMILES string of the molecule is CCOC(Oc1ccccc1)(c1ccccc1)[N+](C)(C)CC. The van der Waals surface area contributed by atoms with Gasteiger partial charge in [-0.3, -0.25) is 9.22 Å². The number of nitrogens with zero attached hydrogens (tertiary/aromatic N) is 1. The lowest BCUT2D eigenvalue weighted by Crippen LogP contribution is -2.62. The summed E-state index contributed by atoms with van der Waals surface area (Å²) < 4.78 is 13.2. The van der Waals surface area contributed by atoms with Crippen molar-refractivity contribution in [3.63, 3.8) is 0 Å². The highest BCUT2D eigenvalue weighted by Crippen LogP contribution is 2.36. The summed E-state index contributed by atoms with van der Waals surface area (Å²) in [5.41, 5.74) is 1.02. The third-order valence-electron chi connectivity index (χ3n) is 4.07. The van der Waals surface area contributed by atoms with Crippen LogP contribution in [0.4, 0.5) is 0 Å². The van der Waals surface area contributed by atoms with Crippen molar-refractivity contribution in [3.05, 3.63) is 66.2 Å². The average Bonchev–Trinajstić information content (AvgIpc) is 2.56. The van der Waals surface area contributed by atoms with Crippen LogP contribution < -0.4 is 4.74 Å². The minimum absolute atomic E-state index is 0.569. The van der Waals surface area contributed by atoms with Gasteiger partial charge in [0.1, 0.15) is 5.75 Å². The molecule has 3 nitrogen and oxygen atoms in total. The molecule has 0 aliphatic carbocycles. The second-order valence-electron chi connectivity index (χ2n) is 5.80. The first kappa shape index (κ1) is 16.5. The van der Waals surface area contributed by atoms with Crippen LogP contribution in [0.25, 0.3) is 0 Å². The highest BCUT2D eigenvalue weighted by atomic mass is 16.7. The van der Waals surface area contributed by atoms with Gasteiger partial charge in [0, 0.05) is 0 Å². The van der Waals surface area contributed by atoms with E-state index in [1.807, 2.05) is 55.5 Å². The van der Waals surface area contributed by atoms with E-state index >= 15 is 0 Å². The van der Waals surface area contributed by atoms with Gasteiger partial charge in [-0.2, -0.15) is 0 Å². The molecule has 2 aromatic rings. The van der Waals surface area contributed by atoms with E-state index in [-0.39, 0.29) is 0 Å². The Morgan fingerprint density at radius 1 is 0.864 bits per heavy atom. The quantitative estimate of drug-likeness (QED) is 0.568. The zero-order valence-electron chi connectivity index (χ0n) is 14.0. The molecule has 22 heavy (non-hydrogen) atoms. The Hall–Kier alpha value is -1.84. The van der Waals surface area contributed by atoms with Crippen molar-refractivity contribution in [2.45, 2.75) is 19.8 Å². The van der Waals surface area contributed by atoms with Crippen molar-refractivity contribution in [2.24, 2.45) is 0 Å². The van der Waals surface area contributed by atoms with Gasteiger partial charge in [0.2, 0.25) is 0 Å². The van der Waals surface area contributed by atoms with Crippen molar-refractivity contribution < 1.29 is 14.0 Å². The third kappa shape index (κ3) is 3.16. The van der Waals surface area contributed by atoms with E-state index in [1.54, 1.807) is 0 Å². The molecule has 0 saturated heterocycles. The summed E-state index contributed by atoms with van der Waals surface area (Å²) >= 11 is 0. The molecule has 2 rings (SSSR count). The van der Waals surface area contributed by atoms with Gasteiger partial charge < -0.3 is 4.74 Å². The molecule has 0 aromatic heterocycles. The number of rotatable bonds is 7. The molecule has 0 N–H and O–H groups in total. The second-order valence-corrected chi connectivity index (χ2v) is 5.80. The lowest BCUT2D eigenvalue weighted by Gasteiger charge is -2.45. The van der Waals surface area contributed by atoms with Gasteiger partial charge in [0.25, 0.3) is 0 Å². The van der Waals surface area contributed by atoms with Crippen LogP contribution in [0.2, 0.25) is 0 Å². The topological polar surface area (TPSA) is 18.5 Å². The molecule has 118 valence electrons. The van der Waals surface area contributed by atoms with Gasteiger partial charge in [0.15, 0.2) is 0 Å². The first-order valence-electron chi connectivity index (χ1n) is 7.82. The van der Waals surface area contributed by atoms with Crippen LogP contribution in [0.1, 0.15) is 19.4 Å². The zero-order valence-corrected chi connectivity index (χ0v) is 14.0. The molecule has 1 unspecified atom stereocenters. The normalized spacial score (nSPS) is 14.4. The first-order chi connectivity index (χ1) is 10.6. The molecular formula is C19H26NO2+. The summed E-state index contributed by atoms with van der Waals surface area (Å²) in [5, 5.41) is 0. The summed E-state index contributed by atoms with van der Waals surface area (Å²) in [6, 6.07) is 20.0. The predicted molar refractivity (Wildman–Crippen MR) is 89.5 cm³/mol. The maximum atomic E-state index is 6.43. The molecule has 0 aliphatic rings. The van der Waals surface area contributed by atoms with Crippen LogP contribution in [0.5, 0.6) is 5.75 Å². The van der Waals surface area contributed by atoms with Crippen LogP contribution in [-0.2, 0) is 10.6 Å². The highest BCUT2D eigenvalue weighted by Gasteiger charge is 2.51. The Labute approximate surface area is 133 Å². The Morgan fingerprint density at radius 2 is 1.41 bits per heavy atom. The molecule has 0 aliphatic heterocycles. The number of benzene rings is 2. The van der Waals surface area contributed by atoms with Crippen molar-refractivity contribution in [1.29, 1.82) is 0 Å². The summed E-state index contributed by atoms with van der Waals surface area (Å²) in [6.07, 6.45) is 0. The Morgan fingerprint density at radius 3 is 1.91 bits per heavy atom. The molecule has 0 radical (unpaired) electrons. The van der Waals surface area contributed by atoms with Gasteiger partial charge in [-0.25, -0.2) is 0 Å². The van der Waals surface area contributed by atoms with Gasteiger partial charge in [-0.05, 0) is 38.1 Å². The zero-order chi connectivity index (χ0) is 16.1. The van der Waals surface area contributed by atoms with E-state index in [4.69, 9.17) is 9.47 Å². The lowest BCUT2D eigenvalue weighted by atomic mass is 10.1. The maximum absolute atomic E-state index is 6.43. The Balaban J connectivity index is 2.55. The number of hydrogen-bond donors (Lipinski definition) is 0. The average molecular weight is 300 g/mol. The standard InChI is InChI=1S/C19H26NO2/c1-5-20(3,4)19(21-6-2,17-13-9-7-10-14-17)22-18-15-11-8-12-16-18/h7-16H,5-6H2,1-4H3/q+1. The Bertz CT molecular complexity index is 569. The Kier molecular flexibility index (Phi) is 5.22. The summed E-state index contributed by atoms with van der Waals surface area (Å²) in [5.74, 6) is -0.0639. The fourth-order valence-corrected chi connectivity index (χ4v) is 2.52. The fraction of sp³-hybridized carbons (Fsp3) is 0.368. The lowest BCUT2D eigenvalue weighted by molar-refractivity contribution is -1.000. The van der Waals surface area contributed by atoms with E-state index in [2.05, 4.69) is 33.2 Å². The summed E-state index contributed by atoms with van der Waals surface area (Å²) in [6.45, 7) is 5.60. The summed E-state index contributed by atoms with van der Waals surface area (Å²) in [7, 11) is 4.26. The van der Waals surface area contributed by atoms with Crippen molar-refractivity contribution in [2.75, 3.05) is 27.2 Å². The third-order valence-corrected chi connectivity index (χ3v) is 4.07. The van der Waals surface area contributed by atoms with Crippen molar-refractivity contribution in [3.8, 4) is 5.75 Å². The van der Waals surface area contributed by atoms with E-state index in [1.165, 1.54) is 0 Å². The van der Waals surface area contributed by atoms with Gasteiger partial charge in [-0.15, -0.1) is 0 Å². The van der Waals surface area contributed by atoms with Crippen LogP contribution in [0.3, 0.4) is 0 Å². The van der Waals surface area contributed by atoms with E-state index in [0.717, 1.165) is 17.9 Å². The smallest absolute Gasteiger partial charge is 0.389 e. The predicted octanol–water partition coefficient (Wildman–Crippen LogP) is 4.01. The van der Waals surface area contributed by atoms with E-state index < -0.39 is 5.91 Å². The molecule has 3 heteroatoms. The monoisotopic (exact) mass is 300 g/mol. The largest absolute Gasteiger partial charge is 0.413 e. The summed E-state index contributed by atoms with van der Waals surface area (Å²) in [4.78, 5) is 0. The molecule has 0 amide bonds. The molecule has 0 saturated carbocycles. The minimum Gasteiger partial charge on any atom is -0.413 e. The molecule has 0 bridgehead atoms. The number of ether oxygens (including phenoxy) is 2. The molecule has 0 spiro atoms. The molecule has 0 fully saturated rings. The van der Waals surface area contributed by atoms with Crippen molar-refractivity contribution in [1.82, 2.24) is 0 Å². The fourth-order valence-electron chi connectivity index (χ4n) is 2.52.